The predicted octanol–water partition coefficient (Wildman–Crippen LogP) is 3.39. The summed E-state index contributed by atoms with van der Waals surface area (Å²) in [5.41, 5.74) is 2.15. The number of carboxylic acids is 1. The normalized spacial score (nSPS) is 10.2. The predicted molar refractivity (Wildman–Crippen MR) is 61.7 cm³/mol. The minimum absolute atomic E-state index is 0.135. The number of furan rings is 1. The highest BCUT2D eigenvalue weighted by molar-refractivity contribution is 5.84. The molecule has 0 bridgehead atoms. The number of ether oxygens (including phenoxy) is 1. The van der Waals surface area contributed by atoms with Crippen molar-refractivity contribution in [3.8, 4) is 11.7 Å². The minimum atomic E-state index is -1.11. The molecule has 17 heavy (non-hydrogen) atoms. The largest absolute Gasteiger partial charge is 0.475 e. The maximum absolute atomic E-state index is 10.6. The molecule has 88 valence electrons. The summed E-state index contributed by atoms with van der Waals surface area (Å²) in [4.78, 5) is 10.6. The maximum atomic E-state index is 10.6. The van der Waals surface area contributed by atoms with Crippen LogP contribution in [0.5, 0.6) is 11.7 Å². The van der Waals surface area contributed by atoms with Gasteiger partial charge in [0.15, 0.2) is 0 Å². The van der Waals surface area contributed by atoms with Gasteiger partial charge in [-0.05, 0) is 43.2 Å². The zero-order valence-electron chi connectivity index (χ0n) is 9.56. The lowest BCUT2D eigenvalue weighted by atomic mass is 10.1. The van der Waals surface area contributed by atoms with Crippen molar-refractivity contribution in [2.45, 2.75) is 13.8 Å². The Balaban J connectivity index is 2.22. The first-order chi connectivity index (χ1) is 8.04. The molecule has 1 N–H and O–H groups in total. The molecular weight excluding hydrogens is 220 g/mol. The number of hydrogen-bond acceptors (Lipinski definition) is 3. The van der Waals surface area contributed by atoms with Gasteiger partial charge in [0.05, 0.1) is 0 Å². The summed E-state index contributed by atoms with van der Waals surface area (Å²) >= 11 is 0. The van der Waals surface area contributed by atoms with Crippen LogP contribution in [0.1, 0.15) is 21.7 Å². The first-order valence-electron chi connectivity index (χ1n) is 5.14. The van der Waals surface area contributed by atoms with Crippen LogP contribution in [0.25, 0.3) is 0 Å². The van der Waals surface area contributed by atoms with Crippen LogP contribution in [0, 0.1) is 13.8 Å². The molecule has 4 heteroatoms. The Morgan fingerprint density at radius 2 is 1.82 bits per heavy atom. The van der Waals surface area contributed by atoms with E-state index in [2.05, 4.69) is 0 Å². The van der Waals surface area contributed by atoms with E-state index in [0.717, 1.165) is 11.1 Å². The zero-order valence-corrected chi connectivity index (χ0v) is 9.56. The fourth-order valence-corrected chi connectivity index (χ4v) is 1.60. The van der Waals surface area contributed by atoms with Gasteiger partial charge in [-0.15, -0.1) is 0 Å². The molecule has 0 aliphatic rings. The highest BCUT2D eigenvalue weighted by Crippen LogP contribution is 2.25. The minimum Gasteiger partial charge on any atom is -0.475 e. The molecule has 0 saturated carbocycles. The molecule has 2 aromatic rings. The summed E-state index contributed by atoms with van der Waals surface area (Å²) in [6.45, 7) is 3.93. The van der Waals surface area contributed by atoms with Crippen molar-refractivity contribution in [2.24, 2.45) is 0 Å². The number of carbonyl (C=O) groups is 1. The first kappa shape index (κ1) is 11.3. The van der Waals surface area contributed by atoms with Crippen molar-refractivity contribution in [1.29, 1.82) is 0 Å². The monoisotopic (exact) mass is 232 g/mol. The van der Waals surface area contributed by atoms with Gasteiger partial charge in [0.25, 0.3) is 5.95 Å². The molecule has 0 spiro atoms. The quantitative estimate of drug-likeness (QED) is 0.881. The molecular formula is C13H12O4. The van der Waals surface area contributed by atoms with E-state index in [0.29, 0.717) is 5.75 Å². The zero-order chi connectivity index (χ0) is 12.4. The van der Waals surface area contributed by atoms with Crippen LogP contribution >= 0.6 is 0 Å². The molecule has 0 atom stereocenters. The van der Waals surface area contributed by atoms with Crippen molar-refractivity contribution in [3.63, 3.8) is 0 Å². The van der Waals surface area contributed by atoms with E-state index in [4.69, 9.17) is 14.3 Å². The van der Waals surface area contributed by atoms with E-state index in [1.165, 1.54) is 12.1 Å². The van der Waals surface area contributed by atoms with E-state index in [9.17, 15) is 4.79 Å². The summed E-state index contributed by atoms with van der Waals surface area (Å²) in [6, 6.07) is 8.59. The molecule has 0 amide bonds. The third-order valence-corrected chi connectivity index (χ3v) is 2.21. The van der Waals surface area contributed by atoms with Crippen LogP contribution in [-0.4, -0.2) is 11.1 Å². The number of rotatable bonds is 3. The van der Waals surface area contributed by atoms with E-state index >= 15 is 0 Å². The summed E-state index contributed by atoms with van der Waals surface area (Å²) in [6.07, 6.45) is 0. The molecule has 0 aliphatic carbocycles. The van der Waals surface area contributed by atoms with Gasteiger partial charge in [0.2, 0.25) is 5.76 Å². The second-order valence-corrected chi connectivity index (χ2v) is 3.85. The smallest absolute Gasteiger partial charge is 0.371 e. The van der Waals surface area contributed by atoms with Crippen molar-refractivity contribution >= 4 is 5.97 Å². The summed E-state index contributed by atoms with van der Waals surface area (Å²) in [5.74, 6) is -0.439. The van der Waals surface area contributed by atoms with Gasteiger partial charge in [0, 0.05) is 6.07 Å². The number of hydrogen-bond donors (Lipinski definition) is 1. The molecule has 0 aliphatic heterocycles. The lowest BCUT2D eigenvalue weighted by Crippen LogP contribution is -1.91. The van der Waals surface area contributed by atoms with Crippen molar-refractivity contribution in [2.75, 3.05) is 0 Å². The van der Waals surface area contributed by atoms with Crippen molar-refractivity contribution in [1.82, 2.24) is 0 Å². The Morgan fingerprint density at radius 1 is 1.18 bits per heavy atom. The molecule has 2 rings (SSSR count). The van der Waals surface area contributed by atoms with Gasteiger partial charge in [-0.2, -0.15) is 0 Å². The average molecular weight is 232 g/mol. The number of benzene rings is 1. The van der Waals surface area contributed by atoms with Gasteiger partial charge >= 0.3 is 5.97 Å². The SMILES string of the molecule is Cc1cc(C)cc(Oc2ccc(C(=O)O)o2)c1. The highest BCUT2D eigenvalue weighted by atomic mass is 16.6. The van der Waals surface area contributed by atoms with Gasteiger partial charge in [-0.1, -0.05) is 6.07 Å². The molecule has 1 heterocycles. The lowest BCUT2D eigenvalue weighted by Gasteiger charge is -2.04. The van der Waals surface area contributed by atoms with E-state index in [-0.39, 0.29) is 11.7 Å². The highest BCUT2D eigenvalue weighted by Gasteiger charge is 2.10. The van der Waals surface area contributed by atoms with Gasteiger partial charge in [0.1, 0.15) is 5.75 Å². The Bertz CT molecular complexity index is 534. The van der Waals surface area contributed by atoms with Crippen LogP contribution < -0.4 is 4.74 Å². The third-order valence-electron chi connectivity index (χ3n) is 2.21. The molecule has 0 unspecified atom stereocenters. The molecule has 1 aromatic carbocycles. The molecule has 4 nitrogen and oxygen atoms in total. The molecule has 1 aromatic heterocycles. The second-order valence-electron chi connectivity index (χ2n) is 3.85. The van der Waals surface area contributed by atoms with Crippen LogP contribution in [0.15, 0.2) is 34.7 Å². The van der Waals surface area contributed by atoms with Crippen LogP contribution in [0.4, 0.5) is 0 Å². The van der Waals surface area contributed by atoms with Crippen LogP contribution in [0.2, 0.25) is 0 Å². The number of aromatic carboxylic acids is 1. The van der Waals surface area contributed by atoms with Crippen molar-refractivity contribution in [3.05, 3.63) is 47.2 Å². The van der Waals surface area contributed by atoms with Gasteiger partial charge in [-0.3, -0.25) is 0 Å². The summed E-state index contributed by atoms with van der Waals surface area (Å²) in [5, 5.41) is 8.70. The summed E-state index contributed by atoms with van der Waals surface area (Å²) in [7, 11) is 0. The number of carboxylic acid groups (broad SMARTS) is 1. The van der Waals surface area contributed by atoms with Gasteiger partial charge in [-0.25, -0.2) is 4.79 Å². The average Bonchev–Trinajstić information content (AvgIpc) is 2.64. The third kappa shape index (κ3) is 2.66. The van der Waals surface area contributed by atoms with Crippen LogP contribution in [-0.2, 0) is 0 Å². The van der Waals surface area contributed by atoms with E-state index in [1.807, 2.05) is 32.0 Å². The van der Waals surface area contributed by atoms with Crippen molar-refractivity contribution < 1.29 is 19.1 Å². The Morgan fingerprint density at radius 3 is 2.35 bits per heavy atom. The lowest BCUT2D eigenvalue weighted by molar-refractivity contribution is 0.0657. The number of aryl methyl sites for hydroxylation is 2. The summed E-state index contributed by atoms with van der Waals surface area (Å²) < 4.78 is 10.4. The fourth-order valence-electron chi connectivity index (χ4n) is 1.60. The van der Waals surface area contributed by atoms with Gasteiger partial charge < -0.3 is 14.3 Å². The second kappa shape index (κ2) is 4.33. The maximum Gasteiger partial charge on any atom is 0.371 e. The Labute approximate surface area is 98.4 Å². The van der Waals surface area contributed by atoms with E-state index in [1.54, 1.807) is 0 Å². The fraction of sp³-hybridized carbons (Fsp3) is 0.154. The van der Waals surface area contributed by atoms with Crippen LogP contribution in [0.3, 0.4) is 0 Å². The Hall–Kier alpha value is -2.23. The van der Waals surface area contributed by atoms with E-state index < -0.39 is 5.97 Å². The molecule has 0 radical (unpaired) electrons. The Kier molecular flexibility index (Phi) is 2.87. The standard InChI is InChI=1S/C13H12O4/c1-8-5-9(2)7-10(6-8)16-12-4-3-11(17-12)13(14)15/h3-7H,1-2H3,(H,14,15). The molecule has 0 saturated heterocycles. The topological polar surface area (TPSA) is 59.7 Å². The molecule has 0 fully saturated rings. The first-order valence-corrected chi connectivity index (χ1v) is 5.14.